The number of hydrogen-bond donors (Lipinski definition) is 1. The second-order valence-corrected chi connectivity index (χ2v) is 4.29. The lowest BCUT2D eigenvalue weighted by atomic mass is 10.1. The van der Waals surface area contributed by atoms with Gasteiger partial charge in [-0.15, -0.1) is 0 Å². The Labute approximate surface area is 109 Å². The Kier molecular flexibility index (Phi) is 3.53. The number of ether oxygens (including phenoxy) is 1. The zero-order chi connectivity index (χ0) is 13.1. The molecule has 0 aromatic carbocycles. The summed E-state index contributed by atoms with van der Waals surface area (Å²) in [5.41, 5.74) is 0.412. The number of rotatable bonds is 2. The van der Waals surface area contributed by atoms with Gasteiger partial charge in [0.2, 0.25) is 0 Å². The van der Waals surface area contributed by atoms with Crippen LogP contribution in [0, 0.1) is 11.3 Å². The van der Waals surface area contributed by atoms with Gasteiger partial charge in [0, 0.05) is 19.3 Å². The van der Waals surface area contributed by atoms with Crippen LogP contribution >= 0.6 is 11.6 Å². The molecule has 1 aliphatic rings. The molecule has 0 bridgehead atoms. The van der Waals surface area contributed by atoms with E-state index in [-0.39, 0.29) is 12.1 Å². The van der Waals surface area contributed by atoms with Gasteiger partial charge in [-0.1, -0.05) is 11.6 Å². The van der Waals surface area contributed by atoms with Gasteiger partial charge in [-0.2, -0.15) is 5.26 Å². The highest BCUT2D eigenvalue weighted by molar-refractivity contribution is 6.33. The van der Waals surface area contributed by atoms with Gasteiger partial charge in [-0.25, -0.2) is 9.78 Å². The second kappa shape index (κ2) is 5.10. The number of nitrogens with one attached hydrogen (secondary N) is 1. The van der Waals surface area contributed by atoms with Crippen LogP contribution in [-0.2, 0) is 4.74 Å². The van der Waals surface area contributed by atoms with E-state index in [4.69, 9.17) is 16.9 Å². The lowest BCUT2D eigenvalue weighted by Crippen LogP contribution is -2.57. The van der Waals surface area contributed by atoms with Crippen molar-refractivity contribution < 1.29 is 9.53 Å². The quantitative estimate of drug-likeness (QED) is 0.877. The van der Waals surface area contributed by atoms with E-state index in [1.54, 1.807) is 11.0 Å². The van der Waals surface area contributed by atoms with Gasteiger partial charge in [0.15, 0.2) is 0 Å². The van der Waals surface area contributed by atoms with Gasteiger partial charge in [-0.3, -0.25) is 0 Å². The minimum absolute atomic E-state index is 0.0991. The summed E-state index contributed by atoms with van der Waals surface area (Å²) in [4.78, 5) is 16.8. The van der Waals surface area contributed by atoms with Crippen LogP contribution in [0.5, 0.6) is 0 Å². The number of carbonyl (C=O) groups is 1. The number of aromatic nitrogens is 1. The Bertz CT molecular complexity index is 508. The standard InChI is InChI=1S/C11H11ClN4O2/c1-18-11(17)16-5-8(6-16)15-10-9(12)2-7(3-13)4-14-10/h2,4,8H,5-6H2,1H3,(H,14,15). The molecule has 1 aromatic rings. The zero-order valence-electron chi connectivity index (χ0n) is 9.68. The number of methoxy groups -OCH3 is 1. The number of nitrogens with zero attached hydrogens (tertiary/aromatic N) is 3. The van der Waals surface area contributed by atoms with E-state index in [2.05, 4.69) is 15.0 Å². The van der Waals surface area contributed by atoms with Crippen LogP contribution < -0.4 is 5.32 Å². The Morgan fingerprint density at radius 1 is 1.72 bits per heavy atom. The molecule has 94 valence electrons. The summed E-state index contributed by atoms with van der Waals surface area (Å²) in [5, 5.41) is 12.2. The summed E-state index contributed by atoms with van der Waals surface area (Å²) < 4.78 is 4.59. The number of halogens is 1. The van der Waals surface area contributed by atoms with Crippen LogP contribution in [0.2, 0.25) is 5.02 Å². The number of likely N-dealkylation sites (tertiary alicyclic amines) is 1. The van der Waals surface area contributed by atoms with Crippen molar-refractivity contribution in [1.29, 1.82) is 5.26 Å². The van der Waals surface area contributed by atoms with Crippen molar-refractivity contribution in [2.24, 2.45) is 0 Å². The molecular weight excluding hydrogens is 256 g/mol. The number of pyridine rings is 1. The van der Waals surface area contributed by atoms with Gasteiger partial charge >= 0.3 is 6.09 Å². The molecule has 1 saturated heterocycles. The van der Waals surface area contributed by atoms with E-state index >= 15 is 0 Å². The lowest BCUT2D eigenvalue weighted by Gasteiger charge is -2.38. The van der Waals surface area contributed by atoms with Crippen LogP contribution in [0.3, 0.4) is 0 Å². The molecule has 6 nitrogen and oxygen atoms in total. The van der Waals surface area contributed by atoms with Gasteiger partial charge in [0.25, 0.3) is 0 Å². The third kappa shape index (κ3) is 2.46. The summed E-state index contributed by atoms with van der Waals surface area (Å²) in [6.07, 6.45) is 1.11. The van der Waals surface area contributed by atoms with Crippen LogP contribution in [0.15, 0.2) is 12.3 Å². The number of carbonyl (C=O) groups excluding carboxylic acids is 1. The maximum Gasteiger partial charge on any atom is 0.409 e. The van der Waals surface area contributed by atoms with Crippen molar-refractivity contribution in [1.82, 2.24) is 9.88 Å². The maximum atomic E-state index is 11.1. The monoisotopic (exact) mass is 266 g/mol. The van der Waals surface area contributed by atoms with E-state index in [1.165, 1.54) is 13.3 Å². The first-order chi connectivity index (χ1) is 8.63. The topological polar surface area (TPSA) is 78.2 Å². The third-order valence-electron chi connectivity index (χ3n) is 2.63. The van der Waals surface area contributed by atoms with E-state index in [1.807, 2.05) is 6.07 Å². The Morgan fingerprint density at radius 3 is 3.00 bits per heavy atom. The van der Waals surface area contributed by atoms with Gasteiger partial charge in [0.05, 0.1) is 23.7 Å². The molecule has 1 fully saturated rings. The smallest absolute Gasteiger partial charge is 0.409 e. The molecule has 0 saturated carbocycles. The van der Waals surface area contributed by atoms with Crippen molar-refractivity contribution >= 4 is 23.5 Å². The number of anilines is 1. The second-order valence-electron chi connectivity index (χ2n) is 3.88. The minimum atomic E-state index is -0.341. The van der Waals surface area contributed by atoms with E-state index in [9.17, 15) is 4.79 Å². The largest absolute Gasteiger partial charge is 0.453 e. The maximum absolute atomic E-state index is 11.1. The van der Waals surface area contributed by atoms with Crippen molar-refractivity contribution in [3.8, 4) is 6.07 Å². The summed E-state index contributed by atoms with van der Waals surface area (Å²) >= 11 is 5.98. The Balaban J connectivity index is 1.93. The molecule has 1 aromatic heterocycles. The summed E-state index contributed by atoms with van der Waals surface area (Å²) in [6, 6.07) is 3.61. The fourth-order valence-corrected chi connectivity index (χ4v) is 1.87. The Morgan fingerprint density at radius 2 is 2.44 bits per heavy atom. The first-order valence-corrected chi connectivity index (χ1v) is 5.67. The van der Waals surface area contributed by atoms with Crippen LogP contribution in [0.1, 0.15) is 5.56 Å². The zero-order valence-corrected chi connectivity index (χ0v) is 10.4. The highest BCUT2D eigenvalue weighted by Crippen LogP contribution is 2.22. The molecule has 0 radical (unpaired) electrons. The van der Waals surface area contributed by atoms with Crippen LogP contribution in [0.25, 0.3) is 0 Å². The summed E-state index contributed by atoms with van der Waals surface area (Å²) in [5.74, 6) is 0.519. The van der Waals surface area contributed by atoms with Crippen molar-refractivity contribution in [3.05, 3.63) is 22.8 Å². The molecule has 0 aliphatic carbocycles. The van der Waals surface area contributed by atoms with Crippen molar-refractivity contribution in [2.45, 2.75) is 6.04 Å². The first kappa shape index (κ1) is 12.5. The molecule has 0 unspecified atom stereocenters. The molecular formula is C11H11ClN4O2. The fourth-order valence-electron chi connectivity index (χ4n) is 1.65. The van der Waals surface area contributed by atoms with Gasteiger partial charge in [-0.05, 0) is 6.07 Å². The average Bonchev–Trinajstić information content (AvgIpc) is 2.33. The van der Waals surface area contributed by atoms with Crippen molar-refractivity contribution in [3.63, 3.8) is 0 Å². The van der Waals surface area contributed by atoms with Crippen LogP contribution in [-0.4, -0.2) is 42.2 Å². The molecule has 1 N–H and O–H groups in total. The van der Waals surface area contributed by atoms with Gasteiger partial charge in [0.1, 0.15) is 11.9 Å². The van der Waals surface area contributed by atoms with Gasteiger partial charge < -0.3 is 15.0 Å². The number of nitriles is 1. The fraction of sp³-hybridized carbons (Fsp3) is 0.364. The molecule has 7 heteroatoms. The molecule has 2 rings (SSSR count). The molecule has 2 heterocycles. The SMILES string of the molecule is COC(=O)N1CC(Nc2ncc(C#N)cc2Cl)C1. The molecule has 1 aliphatic heterocycles. The van der Waals surface area contributed by atoms with Crippen molar-refractivity contribution in [2.75, 3.05) is 25.5 Å². The Hall–Kier alpha value is -2.00. The van der Waals surface area contributed by atoms with E-state index in [0.717, 1.165) is 0 Å². The summed E-state index contributed by atoms with van der Waals surface area (Å²) in [7, 11) is 1.35. The molecule has 18 heavy (non-hydrogen) atoms. The van der Waals surface area contributed by atoms with E-state index in [0.29, 0.717) is 29.5 Å². The highest BCUT2D eigenvalue weighted by atomic mass is 35.5. The number of amides is 1. The lowest BCUT2D eigenvalue weighted by molar-refractivity contribution is 0.0929. The van der Waals surface area contributed by atoms with E-state index < -0.39 is 0 Å². The predicted octanol–water partition coefficient (Wildman–Crippen LogP) is 1.47. The average molecular weight is 267 g/mol. The molecule has 0 atom stereocenters. The first-order valence-electron chi connectivity index (χ1n) is 5.29. The van der Waals surface area contributed by atoms with Crippen LogP contribution in [0.4, 0.5) is 10.6 Å². The predicted molar refractivity (Wildman–Crippen MR) is 65.4 cm³/mol. The minimum Gasteiger partial charge on any atom is -0.453 e. The summed E-state index contributed by atoms with van der Waals surface area (Å²) in [6.45, 7) is 1.09. The third-order valence-corrected chi connectivity index (χ3v) is 2.91. The molecule has 0 spiro atoms. The molecule has 1 amide bonds. The highest BCUT2D eigenvalue weighted by Gasteiger charge is 2.31. The number of hydrogen-bond acceptors (Lipinski definition) is 5. The normalized spacial score (nSPS) is 14.6.